The third-order valence-corrected chi connectivity index (χ3v) is 3.70. The van der Waals surface area contributed by atoms with Crippen molar-refractivity contribution in [2.45, 2.75) is 0 Å². The Kier molecular flexibility index (Phi) is 2.57. The summed E-state index contributed by atoms with van der Waals surface area (Å²) in [7, 11) is 0. The first-order valence-corrected chi connectivity index (χ1v) is 6.78. The van der Waals surface area contributed by atoms with Gasteiger partial charge in [0.2, 0.25) is 0 Å². The zero-order valence-corrected chi connectivity index (χ0v) is 11.2. The van der Waals surface area contributed by atoms with Gasteiger partial charge in [-0.3, -0.25) is 9.20 Å². The summed E-state index contributed by atoms with van der Waals surface area (Å²) in [6.07, 6.45) is 2.72. The first kappa shape index (κ1) is 11.9. The van der Waals surface area contributed by atoms with E-state index in [1.54, 1.807) is 0 Å². The summed E-state index contributed by atoms with van der Waals surface area (Å²) in [6.45, 7) is 0. The summed E-state index contributed by atoms with van der Waals surface area (Å²) in [4.78, 5) is 16.1. The number of carbonyl (C=O) groups excluding carboxylic acids is 1. The SMILES string of the molecule is O=Cc1c(-c2ccc3ccccc3c2)nc2ccccn12. The van der Waals surface area contributed by atoms with Crippen LogP contribution < -0.4 is 0 Å². The van der Waals surface area contributed by atoms with Gasteiger partial charge in [0.15, 0.2) is 6.29 Å². The van der Waals surface area contributed by atoms with Gasteiger partial charge in [-0.15, -0.1) is 0 Å². The molecule has 2 heterocycles. The van der Waals surface area contributed by atoms with Crippen LogP contribution in [-0.2, 0) is 0 Å². The molecular formula is C18H12N2O. The predicted octanol–water partition coefficient (Wildman–Crippen LogP) is 3.97. The second kappa shape index (κ2) is 4.56. The summed E-state index contributed by atoms with van der Waals surface area (Å²) in [6, 6.07) is 20.0. The van der Waals surface area contributed by atoms with Gasteiger partial charge in [-0.2, -0.15) is 0 Å². The standard InChI is InChI=1S/C18H12N2O/c21-12-16-18(19-17-7-3-4-10-20(16)17)15-9-8-13-5-1-2-6-14(13)11-15/h1-12H. The van der Waals surface area contributed by atoms with Gasteiger partial charge in [0, 0.05) is 11.8 Å². The average Bonchev–Trinajstić information content (AvgIpc) is 2.93. The summed E-state index contributed by atoms with van der Waals surface area (Å²) in [5.74, 6) is 0. The number of pyridine rings is 1. The van der Waals surface area contributed by atoms with Crippen molar-refractivity contribution in [2.24, 2.45) is 0 Å². The lowest BCUT2D eigenvalue weighted by molar-refractivity contribution is 0.111. The van der Waals surface area contributed by atoms with Gasteiger partial charge in [0.1, 0.15) is 17.0 Å². The molecule has 3 heteroatoms. The van der Waals surface area contributed by atoms with E-state index in [2.05, 4.69) is 29.2 Å². The molecule has 0 aliphatic heterocycles. The normalized spacial score (nSPS) is 11.0. The molecule has 0 fully saturated rings. The first-order chi connectivity index (χ1) is 10.4. The zero-order chi connectivity index (χ0) is 14.2. The van der Waals surface area contributed by atoms with E-state index in [4.69, 9.17) is 0 Å². The van der Waals surface area contributed by atoms with Gasteiger partial charge in [-0.05, 0) is 29.0 Å². The fraction of sp³-hybridized carbons (Fsp3) is 0. The second-order valence-electron chi connectivity index (χ2n) is 4.95. The van der Waals surface area contributed by atoms with Crippen LogP contribution in [0.3, 0.4) is 0 Å². The molecule has 2 aromatic carbocycles. The van der Waals surface area contributed by atoms with Crippen molar-refractivity contribution in [3.8, 4) is 11.3 Å². The van der Waals surface area contributed by atoms with Crippen molar-refractivity contribution in [2.75, 3.05) is 0 Å². The Balaban J connectivity index is 2.01. The molecule has 0 amide bonds. The van der Waals surface area contributed by atoms with Crippen molar-refractivity contribution in [1.82, 2.24) is 9.38 Å². The van der Waals surface area contributed by atoms with Crippen molar-refractivity contribution >= 4 is 22.7 Å². The lowest BCUT2D eigenvalue weighted by Crippen LogP contribution is -1.91. The van der Waals surface area contributed by atoms with Crippen LogP contribution in [0.1, 0.15) is 10.5 Å². The van der Waals surface area contributed by atoms with E-state index in [-0.39, 0.29) is 0 Å². The van der Waals surface area contributed by atoms with E-state index in [0.717, 1.165) is 28.6 Å². The number of rotatable bonds is 2. The molecule has 0 aliphatic rings. The maximum Gasteiger partial charge on any atom is 0.169 e. The number of carbonyl (C=O) groups is 1. The Labute approximate surface area is 121 Å². The Hall–Kier alpha value is -2.94. The van der Waals surface area contributed by atoms with E-state index in [1.807, 2.05) is 47.0 Å². The molecule has 0 spiro atoms. The van der Waals surface area contributed by atoms with Crippen molar-refractivity contribution < 1.29 is 4.79 Å². The molecule has 0 radical (unpaired) electrons. The highest BCUT2D eigenvalue weighted by Crippen LogP contribution is 2.26. The van der Waals surface area contributed by atoms with Crippen LogP contribution in [0.2, 0.25) is 0 Å². The van der Waals surface area contributed by atoms with E-state index < -0.39 is 0 Å². The van der Waals surface area contributed by atoms with Gasteiger partial charge >= 0.3 is 0 Å². The van der Waals surface area contributed by atoms with Crippen molar-refractivity contribution in [3.63, 3.8) is 0 Å². The first-order valence-electron chi connectivity index (χ1n) is 6.78. The fourth-order valence-electron chi connectivity index (χ4n) is 2.68. The molecule has 0 aliphatic carbocycles. The van der Waals surface area contributed by atoms with E-state index in [9.17, 15) is 4.79 Å². The Morgan fingerprint density at radius 1 is 0.905 bits per heavy atom. The molecule has 100 valence electrons. The minimum atomic E-state index is 0.584. The maximum atomic E-state index is 11.5. The summed E-state index contributed by atoms with van der Waals surface area (Å²) >= 11 is 0. The van der Waals surface area contributed by atoms with Gasteiger partial charge in [-0.1, -0.05) is 42.5 Å². The molecule has 21 heavy (non-hydrogen) atoms. The summed E-state index contributed by atoms with van der Waals surface area (Å²) in [5, 5.41) is 2.32. The highest BCUT2D eigenvalue weighted by Gasteiger charge is 2.13. The molecule has 0 saturated carbocycles. The molecule has 4 aromatic rings. The molecule has 0 saturated heterocycles. The Morgan fingerprint density at radius 3 is 2.57 bits per heavy atom. The smallest absolute Gasteiger partial charge is 0.169 e. The maximum absolute atomic E-state index is 11.5. The summed E-state index contributed by atoms with van der Waals surface area (Å²) in [5.41, 5.74) is 3.05. The average molecular weight is 272 g/mol. The minimum Gasteiger partial charge on any atom is -0.297 e. The van der Waals surface area contributed by atoms with Gasteiger partial charge < -0.3 is 0 Å². The molecule has 0 N–H and O–H groups in total. The van der Waals surface area contributed by atoms with E-state index >= 15 is 0 Å². The molecule has 2 aromatic heterocycles. The summed E-state index contributed by atoms with van der Waals surface area (Å²) < 4.78 is 1.82. The monoisotopic (exact) mass is 272 g/mol. The number of fused-ring (bicyclic) bond motifs is 2. The van der Waals surface area contributed by atoms with E-state index in [0.29, 0.717) is 5.69 Å². The quantitative estimate of drug-likeness (QED) is 0.517. The van der Waals surface area contributed by atoms with Crippen LogP contribution in [-0.4, -0.2) is 15.7 Å². The van der Waals surface area contributed by atoms with Crippen LogP contribution in [0.4, 0.5) is 0 Å². The topological polar surface area (TPSA) is 34.4 Å². The lowest BCUT2D eigenvalue weighted by Gasteiger charge is -2.02. The number of hydrogen-bond acceptors (Lipinski definition) is 2. The highest BCUT2D eigenvalue weighted by molar-refractivity contribution is 5.91. The van der Waals surface area contributed by atoms with Crippen LogP contribution in [0.15, 0.2) is 66.9 Å². The molecule has 0 unspecified atom stereocenters. The lowest BCUT2D eigenvalue weighted by atomic mass is 10.0. The number of aromatic nitrogens is 2. The van der Waals surface area contributed by atoms with Crippen LogP contribution in [0, 0.1) is 0 Å². The van der Waals surface area contributed by atoms with Gasteiger partial charge in [0.25, 0.3) is 0 Å². The van der Waals surface area contributed by atoms with E-state index in [1.165, 1.54) is 5.39 Å². The molecule has 3 nitrogen and oxygen atoms in total. The highest BCUT2D eigenvalue weighted by atomic mass is 16.1. The molecule has 0 bridgehead atoms. The third-order valence-electron chi connectivity index (χ3n) is 3.70. The number of aldehydes is 1. The Bertz CT molecular complexity index is 969. The zero-order valence-electron chi connectivity index (χ0n) is 11.2. The number of nitrogens with zero attached hydrogens (tertiary/aromatic N) is 2. The predicted molar refractivity (Wildman–Crippen MR) is 83.5 cm³/mol. The van der Waals surface area contributed by atoms with Crippen LogP contribution >= 0.6 is 0 Å². The molecule has 0 atom stereocenters. The largest absolute Gasteiger partial charge is 0.297 e. The Morgan fingerprint density at radius 2 is 1.71 bits per heavy atom. The number of imidazole rings is 1. The fourth-order valence-corrected chi connectivity index (χ4v) is 2.68. The van der Waals surface area contributed by atoms with Gasteiger partial charge in [-0.25, -0.2) is 4.98 Å². The third kappa shape index (κ3) is 1.82. The molecular weight excluding hydrogens is 260 g/mol. The number of hydrogen-bond donors (Lipinski definition) is 0. The second-order valence-corrected chi connectivity index (χ2v) is 4.95. The van der Waals surface area contributed by atoms with Crippen LogP contribution in [0.25, 0.3) is 27.7 Å². The molecule has 4 rings (SSSR count). The van der Waals surface area contributed by atoms with Crippen molar-refractivity contribution in [3.05, 3.63) is 72.6 Å². The van der Waals surface area contributed by atoms with Crippen LogP contribution in [0.5, 0.6) is 0 Å². The van der Waals surface area contributed by atoms with Gasteiger partial charge in [0.05, 0.1) is 0 Å². The van der Waals surface area contributed by atoms with Crippen molar-refractivity contribution in [1.29, 1.82) is 0 Å². The minimum absolute atomic E-state index is 0.584. The number of benzene rings is 2.